The minimum absolute atomic E-state index is 0.0595. The summed E-state index contributed by atoms with van der Waals surface area (Å²) in [5, 5.41) is 5.75. The first-order valence-corrected chi connectivity index (χ1v) is 8.07. The number of amides is 2. The molecular weight excluding hydrogens is 282 g/mol. The molecule has 6 nitrogen and oxygen atoms in total. The molecule has 2 N–H and O–H groups in total. The van der Waals surface area contributed by atoms with Crippen molar-refractivity contribution in [2.75, 3.05) is 20.7 Å². The molecule has 22 heavy (non-hydrogen) atoms. The molecule has 6 heteroatoms. The second kappa shape index (κ2) is 7.92. The number of carbonyl (C=O) groups is 2. The third-order valence-electron chi connectivity index (χ3n) is 4.67. The van der Waals surface area contributed by atoms with Gasteiger partial charge in [-0.05, 0) is 54.0 Å². The Bertz CT molecular complexity index is 398. The van der Waals surface area contributed by atoms with E-state index >= 15 is 0 Å². The lowest BCUT2D eigenvalue weighted by atomic mass is 9.94. The number of piperidine rings is 1. The lowest BCUT2D eigenvalue weighted by molar-refractivity contribution is -0.147. The molecule has 0 spiro atoms. The number of carbonyl (C=O) groups excluding carboxylic acids is 2. The molecule has 0 radical (unpaired) electrons. The Kier molecular flexibility index (Phi) is 6.81. The number of likely N-dealkylation sites (tertiary alicyclic amines) is 1. The van der Waals surface area contributed by atoms with E-state index in [-0.39, 0.29) is 23.9 Å². The Morgan fingerprint density at radius 1 is 1.32 bits per heavy atom. The Balaban J connectivity index is 2.94. The average Bonchev–Trinajstić information content (AvgIpc) is 2.51. The highest BCUT2D eigenvalue weighted by Crippen LogP contribution is 2.22. The van der Waals surface area contributed by atoms with Gasteiger partial charge >= 0.3 is 0 Å². The van der Waals surface area contributed by atoms with Gasteiger partial charge in [0.25, 0.3) is 0 Å². The maximum absolute atomic E-state index is 13.0. The van der Waals surface area contributed by atoms with Crippen LogP contribution in [0.15, 0.2) is 0 Å². The van der Waals surface area contributed by atoms with Crippen molar-refractivity contribution in [3.63, 3.8) is 0 Å². The van der Waals surface area contributed by atoms with Gasteiger partial charge in [-0.3, -0.25) is 9.59 Å². The Hall–Kier alpha value is -1.14. The van der Waals surface area contributed by atoms with Gasteiger partial charge in [0.2, 0.25) is 11.8 Å². The van der Waals surface area contributed by atoms with Gasteiger partial charge < -0.3 is 20.3 Å². The van der Waals surface area contributed by atoms with Crippen molar-refractivity contribution in [3.05, 3.63) is 0 Å². The number of hydrogen-bond acceptors (Lipinski definition) is 4. The highest BCUT2D eigenvalue weighted by molar-refractivity contribution is 5.90. The molecule has 3 atom stereocenters. The Morgan fingerprint density at radius 2 is 1.95 bits per heavy atom. The van der Waals surface area contributed by atoms with E-state index in [9.17, 15) is 9.59 Å². The van der Waals surface area contributed by atoms with Crippen LogP contribution in [0.25, 0.3) is 0 Å². The SMILES string of the molecule is CN[C@@H](C)C(=O)NC(C(=O)N1CCCCC1C)C(C)(C)OC. The number of rotatable bonds is 6. The average molecular weight is 313 g/mol. The van der Waals surface area contributed by atoms with Crippen molar-refractivity contribution >= 4 is 11.8 Å². The molecule has 1 aliphatic heterocycles. The molecule has 0 aromatic rings. The molecule has 1 heterocycles. The first-order valence-electron chi connectivity index (χ1n) is 8.07. The molecule has 0 aromatic heterocycles. The predicted octanol–water partition coefficient (Wildman–Crippen LogP) is 0.905. The van der Waals surface area contributed by atoms with Crippen LogP contribution < -0.4 is 10.6 Å². The Labute approximate surface area is 134 Å². The normalized spacial score (nSPS) is 22.1. The van der Waals surface area contributed by atoms with Crippen LogP contribution in [-0.2, 0) is 14.3 Å². The molecule has 0 saturated carbocycles. The lowest BCUT2D eigenvalue weighted by Crippen LogP contribution is -2.62. The van der Waals surface area contributed by atoms with Crippen LogP contribution in [-0.4, -0.2) is 61.1 Å². The minimum Gasteiger partial charge on any atom is -0.376 e. The number of likely N-dealkylation sites (N-methyl/N-ethyl adjacent to an activating group) is 1. The second-order valence-electron chi connectivity index (χ2n) is 6.64. The number of methoxy groups -OCH3 is 1. The Morgan fingerprint density at radius 3 is 2.45 bits per heavy atom. The summed E-state index contributed by atoms with van der Waals surface area (Å²) in [7, 11) is 3.28. The molecule has 128 valence electrons. The van der Waals surface area contributed by atoms with Crippen LogP contribution in [0, 0.1) is 0 Å². The number of ether oxygens (including phenoxy) is 1. The molecule has 2 unspecified atom stereocenters. The summed E-state index contributed by atoms with van der Waals surface area (Å²) in [4.78, 5) is 27.1. The molecule has 1 fully saturated rings. The number of hydrogen-bond donors (Lipinski definition) is 2. The summed E-state index contributed by atoms with van der Waals surface area (Å²) in [6.07, 6.45) is 3.16. The van der Waals surface area contributed by atoms with Crippen molar-refractivity contribution in [1.82, 2.24) is 15.5 Å². The van der Waals surface area contributed by atoms with Crippen molar-refractivity contribution in [3.8, 4) is 0 Å². The van der Waals surface area contributed by atoms with Gasteiger partial charge in [0.05, 0.1) is 11.6 Å². The zero-order chi connectivity index (χ0) is 16.9. The number of nitrogens with zero attached hydrogens (tertiary/aromatic N) is 1. The van der Waals surface area contributed by atoms with E-state index < -0.39 is 11.6 Å². The first-order chi connectivity index (χ1) is 10.2. The highest BCUT2D eigenvalue weighted by Gasteiger charge is 2.41. The van der Waals surface area contributed by atoms with Gasteiger partial charge in [0.1, 0.15) is 6.04 Å². The molecule has 0 aromatic carbocycles. The summed E-state index contributed by atoms with van der Waals surface area (Å²) in [6.45, 7) is 8.23. The van der Waals surface area contributed by atoms with E-state index in [2.05, 4.69) is 17.6 Å². The fourth-order valence-electron chi connectivity index (χ4n) is 2.64. The van der Waals surface area contributed by atoms with Crippen molar-refractivity contribution < 1.29 is 14.3 Å². The smallest absolute Gasteiger partial charge is 0.248 e. The van der Waals surface area contributed by atoms with Gasteiger partial charge in [-0.2, -0.15) is 0 Å². The first kappa shape index (κ1) is 18.9. The highest BCUT2D eigenvalue weighted by atomic mass is 16.5. The van der Waals surface area contributed by atoms with Crippen LogP contribution in [0.2, 0.25) is 0 Å². The van der Waals surface area contributed by atoms with Crippen LogP contribution in [0.1, 0.15) is 47.0 Å². The van der Waals surface area contributed by atoms with Crippen LogP contribution >= 0.6 is 0 Å². The van der Waals surface area contributed by atoms with Crippen molar-refractivity contribution in [1.29, 1.82) is 0 Å². The molecular formula is C16H31N3O3. The molecule has 1 rings (SSSR count). The largest absolute Gasteiger partial charge is 0.376 e. The molecule has 0 bridgehead atoms. The van der Waals surface area contributed by atoms with Crippen LogP contribution in [0.5, 0.6) is 0 Å². The van der Waals surface area contributed by atoms with E-state index in [4.69, 9.17) is 4.74 Å². The van der Waals surface area contributed by atoms with Gasteiger partial charge in [0, 0.05) is 19.7 Å². The van der Waals surface area contributed by atoms with Crippen molar-refractivity contribution in [2.24, 2.45) is 0 Å². The van der Waals surface area contributed by atoms with Gasteiger partial charge in [0.15, 0.2) is 0 Å². The summed E-state index contributed by atoms with van der Waals surface area (Å²) in [6, 6.07) is -0.849. The molecule has 2 amide bonds. The van der Waals surface area contributed by atoms with Gasteiger partial charge in [-0.1, -0.05) is 0 Å². The van der Waals surface area contributed by atoms with E-state index in [0.29, 0.717) is 0 Å². The topological polar surface area (TPSA) is 70.7 Å². The molecule has 1 saturated heterocycles. The fourth-order valence-corrected chi connectivity index (χ4v) is 2.64. The van der Waals surface area contributed by atoms with E-state index in [1.807, 2.05) is 18.7 Å². The third kappa shape index (κ3) is 4.43. The maximum atomic E-state index is 13.0. The molecule has 0 aliphatic carbocycles. The second-order valence-corrected chi connectivity index (χ2v) is 6.64. The fraction of sp³-hybridized carbons (Fsp3) is 0.875. The quantitative estimate of drug-likeness (QED) is 0.764. The summed E-state index contributed by atoms with van der Waals surface area (Å²) in [5.41, 5.74) is -0.766. The van der Waals surface area contributed by atoms with E-state index in [1.54, 1.807) is 21.1 Å². The van der Waals surface area contributed by atoms with Gasteiger partial charge in [-0.15, -0.1) is 0 Å². The maximum Gasteiger partial charge on any atom is 0.248 e. The zero-order valence-electron chi connectivity index (χ0n) is 14.7. The van der Waals surface area contributed by atoms with Gasteiger partial charge in [-0.25, -0.2) is 0 Å². The molecule has 1 aliphatic rings. The lowest BCUT2D eigenvalue weighted by Gasteiger charge is -2.40. The number of nitrogens with one attached hydrogen (secondary N) is 2. The van der Waals surface area contributed by atoms with Crippen LogP contribution in [0.3, 0.4) is 0 Å². The summed E-state index contributed by atoms with van der Waals surface area (Å²) in [5.74, 6) is -0.258. The minimum atomic E-state index is -0.766. The summed E-state index contributed by atoms with van der Waals surface area (Å²) < 4.78 is 5.48. The third-order valence-corrected chi connectivity index (χ3v) is 4.67. The summed E-state index contributed by atoms with van der Waals surface area (Å²) >= 11 is 0. The van der Waals surface area contributed by atoms with Crippen molar-refractivity contribution in [2.45, 2.75) is 70.7 Å². The monoisotopic (exact) mass is 313 g/mol. The van der Waals surface area contributed by atoms with Crippen LogP contribution in [0.4, 0.5) is 0 Å². The standard InChI is InChI=1S/C16H31N3O3/c1-11-9-7-8-10-19(11)15(21)13(16(3,4)22-6)18-14(20)12(2)17-5/h11-13,17H,7-10H2,1-6H3,(H,18,20)/t11?,12-,13?/m0/s1. The van der Waals surface area contributed by atoms with E-state index in [0.717, 1.165) is 25.8 Å². The van der Waals surface area contributed by atoms with E-state index in [1.165, 1.54) is 0 Å². The zero-order valence-corrected chi connectivity index (χ0v) is 14.7. The predicted molar refractivity (Wildman–Crippen MR) is 86.6 cm³/mol.